The van der Waals surface area contributed by atoms with E-state index in [1.807, 2.05) is 30.0 Å². The van der Waals surface area contributed by atoms with Crippen LogP contribution in [0.25, 0.3) is 10.9 Å². The maximum Gasteiger partial charge on any atom is 0.315 e. The Hall–Kier alpha value is -7.53. The number of aromatic amines is 2. The highest BCUT2D eigenvalue weighted by molar-refractivity contribution is 8.00. The number of halogens is 4. The molecule has 90 heavy (non-hydrogen) atoms. The normalized spacial score (nSPS) is 21.7. The molecular weight excluding hydrogens is 1270 g/mol. The SMILES string of the molecule is NC(=O)CN1CCCCNC(=O)CN(C(=O)CCCCCNC(=O)CCCC[C@@H]2SC[C@@H]3NC(=O)N[C@@H]32)CC(=O)N[C@@H](Cc2cnc[nH]2)C(=O)N[C@H](Cc2cc(Cl)c(Cl)c(Cl)c2Cl)C(=O)N[C@@H](CCCN=C(N)N)C(=O)N[C@@H](Cc2c[nH]c3ccccc23)C1=O. The number of carbonyl (C=O) groups is 10. The number of primary amides is 1. The molecule has 7 rings (SSSR count). The lowest BCUT2D eigenvalue weighted by Gasteiger charge is -2.29. The number of H-pyrrole nitrogens is 2. The van der Waals surface area contributed by atoms with Crippen LogP contribution in [0.5, 0.6) is 0 Å². The van der Waals surface area contributed by atoms with Crippen LogP contribution in [0.2, 0.25) is 20.1 Å². The van der Waals surface area contributed by atoms with E-state index in [0.717, 1.165) is 34.4 Å². The van der Waals surface area contributed by atoms with Gasteiger partial charge in [-0.05, 0) is 74.6 Å². The largest absolute Gasteiger partial charge is 0.370 e. The number of urea groups is 1. The molecule has 2 aromatic heterocycles. The predicted molar refractivity (Wildman–Crippen MR) is 342 cm³/mol. The fraction of sp³-hybridized carbons (Fsp3) is 0.517. The molecule has 0 radical (unpaired) electrons. The van der Waals surface area contributed by atoms with Crippen LogP contribution in [0.4, 0.5) is 4.79 Å². The number of amides is 11. The number of benzene rings is 2. The first-order valence-electron chi connectivity index (χ1n) is 29.8. The van der Waals surface area contributed by atoms with Gasteiger partial charge in [0.1, 0.15) is 37.3 Å². The second kappa shape index (κ2) is 34.6. The molecular formula is C58H77Cl4N17O10S. The molecule has 7 atom stereocenters. The van der Waals surface area contributed by atoms with E-state index in [4.69, 9.17) is 63.6 Å². The van der Waals surface area contributed by atoms with E-state index < -0.39 is 97.5 Å². The van der Waals surface area contributed by atoms with E-state index in [9.17, 15) is 47.9 Å². The number of nitrogens with one attached hydrogen (secondary N) is 10. The summed E-state index contributed by atoms with van der Waals surface area (Å²) >= 11 is 27.8. The first-order valence-corrected chi connectivity index (χ1v) is 32.4. The lowest BCUT2D eigenvalue weighted by atomic mass is 10.0. The van der Waals surface area contributed by atoms with Gasteiger partial charge >= 0.3 is 6.03 Å². The number of fused-ring (bicyclic) bond motifs is 2. The summed E-state index contributed by atoms with van der Waals surface area (Å²) in [5.74, 6) is -5.82. The second-order valence-electron chi connectivity index (χ2n) is 22.3. The summed E-state index contributed by atoms with van der Waals surface area (Å²) in [6.07, 6.45) is 8.21. The van der Waals surface area contributed by atoms with Crippen LogP contribution in [-0.2, 0) is 62.4 Å². The summed E-state index contributed by atoms with van der Waals surface area (Å²) in [7, 11) is 0. The third kappa shape index (κ3) is 21.0. The minimum absolute atomic E-state index is 0.00883. The van der Waals surface area contributed by atoms with E-state index in [-0.39, 0.29) is 120 Å². The molecule has 0 spiro atoms. The maximum atomic E-state index is 15.0. The number of carbonyl (C=O) groups excluding carboxylic acids is 10. The highest BCUT2D eigenvalue weighted by Gasteiger charge is 2.43. The van der Waals surface area contributed by atoms with Gasteiger partial charge in [-0.25, -0.2) is 9.78 Å². The maximum absolute atomic E-state index is 15.0. The van der Waals surface area contributed by atoms with Gasteiger partial charge in [-0.2, -0.15) is 11.8 Å². The molecule has 5 heterocycles. The minimum atomic E-state index is -1.64. The van der Waals surface area contributed by atoms with Crippen LogP contribution in [0, 0.1) is 0 Å². The summed E-state index contributed by atoms with van der Waals surface area (Å²) in [5, 5.41) is 23.1. The summed E-state index contributed by atoms with van der Waals surface area (Å²) < 4.78 is 0. The van der Waals surface area contributed by atoms with Crippen molar-refractivity contribution in [1.29, 1.82) is 0 Å². The third-order valence-corrected chi connectivity index (χ3v) is 18.8. The molecule has 3 aliphatic rings. The van der Waals surface area contributed by atoms with Gasteiger partial charge in [-0.15, -0.1) is 0 Å². The fourth-order valence-electron chi connectivity index (χ4n) is 10.9. The summed E-state index contributed by atoms with van der Waals surface area (Å²) in [5.41, 5.74) is 18.8. The Labute approximate surface area is 544 Å². The lowest BCUT2D eigenvalue weighted by Crippen LogP contribution is -2.60. The van der Waals surface area contributed by atoms with Gasteiger partial charge in [0.25, 0.3) is 0 Å². The van der Waals surface area contributed by atoms with Crippen LogP contribution in [-0.4, -0.2) is 183 Å². The van der Waals surface area contributed by atoms with Crippen molar-refractivity contribution in [3.63, 3.8) is 0 Å². The number of aliphatic imine (C=N–C) groups is 1. The van der Waals surface area contributed by atoms with Crippen molar-refractivity contribution in [2.45, 2.75) is 138 Å². The van der Waals surface area contributed by atoms with Crippen molar-refractivity contribution >= 4 is 134 Å². The monoisotopic (exact) mass is 1340 g/mol. The van der Waals surface area contributed by atoms with Gasteiger partial charge in [-0.3, -0.25) is 48.1 Å². The first-order chi connectivity index (χ1) is 43.1. The molecule has 16 N–H and O–H groups in total. The number of thioether (sulfide) groups is 1. The van der Waals surface area contributed by atoms with Crippen molar-refractivity contribution in [3.8, 4) is 0 Å². The number of nitrogens with zero attached hydrogens (tertiary/aromatic N) is 4. The molecule has 3 fully saturated rings. The van der Waals surface area contributed by atoms with Crippen LogP contribution >= 0.6 is 58.2 Å². The van der Waals surface area contributed by atoms with Crippen LogP contribution in [0.3, 0.4) is 0 Å². The zero-order valence-corrected chi connectivity index (χ0v) is 53.3. The Bertz CT molecular complexity index is 3240. The first kappa shape index (κ1) is 69.9. The van der Waals surface area contributed by atoms with Gasteiger partial charge in [0.2, 0.25) is 53.2 Å². The lowest BCUT2D eigenvalue weighted by molar-refractivity contribution is -0.140. The number of nitrogens with two attached hydrogens (primary N) is 3. The summed E-state index contributed by atoms with van der Waals surface area (Å²) in [6.45, 7) is -1.46. The van der Waals surface area contributed by atoms with E-state index >= 15 is 0 Å². The van der Waals surface area contributed by atoms with Gasteiger partial charge in [0.15, 0.2) is 5.96 Å². The Morgan fingerprint density at radius 1 is 0.711 bits per heavy atom. The van der Waals surface area contributed by atoms with Crippen LogP contribution in [0.1, 0.15) is 93.9 Å². The predicted octanol–water partition coefficient (Wildman–Crippen LogP) is 1.98. The molecule has 3 aliphatic heterocycles. The molecule has 0 bridgehead atoms. The molecule has 4 aromatic rings. The molecule has 3 saturated heterocycles. The quantitative estimate of drug-likeness (QED) is 0.0126. The van der Waals surface area contributed by atoms with Crippen molar-refractivity contribution in [2.24, 2.45) is 22.2 Å². The van der Waals surface area contributed by atoms with Crippen molar-refractivity contribution in [3.05, 3.63) is 86.0 Å². The van der Waals surface area contributed by atoms with Gasteiger partial charge in [0, 0.05) is 98.3 Å². The molecule has 2 aromatic carbocycles. The number of hydrogen-bond donors (Lipinski definition) is 13. The van der Waals surface area contributed by atoms with E-state index in [1.165, 1.54) is 23.5 Å². The van der Waals surface area contributed by atoms with Crippen LogP contribution in [0.15, 0.2) is 54.0 Å². The zero-order valence-electron chi connectivity index (χ0n) is 49.4. The minimum Gasteiger partial charge on any atom is -0.370 e. The highest BCUT2D eigenvalue weighted by atomic mass is 35.5. The number of para-hydroxylation sites is 1. The second-order valence-corrected chi connectivity index (χ2v) is 25.1. The van der Waals surface area contributed by atoms with Crippen molar-refractivity contribution < 1.29 is 47.9 Å². The molecule has 32 heteroatoms. The number of rotatable bonds is 23. The van der Waals surface area contributed by atoms with E-state index in [1.54, 1.807) is 12.3 Å². The third-order valence-electron chi connectivity index (χ3n) is 15.5. The van der Waals surface area contributed by atoms with Crippen molar-refractivity contribution in [1.82, 2.24) is 67.3 Å². The molecule has 488 valence electrons. The highest BCUT2D eigenvalue weighted by Crippen LogP contribution is 2.39. The average molecular weight is 1350 g/mol. The topological polar surface area (TPSA) is 408 Å². The molecule has 27 nitrogen and oxygen atoms in total. The molecule has 0 unspecified atom stereocenters. The average Bonchev–Trinajstić information content (AvgIpc) is 1.65. The van der Waals surface area contributed by atoms with Crippen molar-refractivity contribution in [2.75, 3.05) is 51.6 Å². The van der Waals surface area contributed by atoms with Gasteiger partial charge in [0.05, 0.1) is 45.0 Å². The Balaban J connectivity index is 1.12. The summed E-state index contributed by atoms with van der Waals surface area (Å²) in [6, 6.07) is 2.75. The molecule has 0 aliphatic carbocycles. The van der Waals surface area contributed by atoms with E-state index in [2.05, 4.69) is 62.5 Å². The fourth-order valence-corrected chi connectivity index (χ4v) is 13.3. The number of hydrogen-bond acceptors (Lipinski definition) is 13. The molecule has 0 saturated carbocycles. The van der Waals surface area contributed by atoms with E-state index in [0.29, 0.717) is 55.2 Å². The number of imidazole rings is 1. The standard InChI is InChI=1S/C58H77Cl4N17O10S/c59-36-21-32(49(60)51(62)50(36)61)22-39-54(86)73-38(13-10-19-69-57(64)65)53(85)75-41(23-33-25-70-37-12-4-3-11-35(33)37)56(88)78(27-44(63)80)20-9-8-18-68-46(82)28-79(29-47(83)72-40(55(87)74-39)24-34-26-66-31-71-34)48(84)16-2-1-7-17-67-45(81)15-6-5-14-43-52-42(30-90-43)76-58(89)77-52/h3-4,11-12,21,25-26,31,38-43,52,70H,1-2,5-10,13-20,22-24,27-30H2,(H2,63,80)(H,66,71)(H,67,81)(H,68,82)(H,72,83)(H,73,86)(H,74,87)(H,75,85)(H4,64,65,69)(H2,76,77,89)/t38-,39+,40-,41-,42-,43-,52-/m0/s1. The number of guanidine groups is 1. The Morgan fingerprint density at radius 2 is 1.42 bits per heavy atom. The van der Waals surface area contributed by atoms with Gasteiger partial charge in [-0.1, -0.05) is 77.4 Å². The zero-order chi connectivity index (χ0) is 64.9. The summed E-state index contributed by atoms with van der Waals surface area (Å²) in [4.78, 5) is 155. The Morgan fingerprint density at radius 3 is 2.18 bits per heavy atom. The Kier molecular flexibility index (Phi) is 26.9. The number of aromatic nitrogens is 3. The molecule has 11 amide bonds. The smallest absolute Gasteiger partial charge is 0.315 e. The number of unbranched alkanes of at least 4 members (excludes halogenated alkanes) is 3. The van der Waals surface area contributed by atoms with Gasteiger partial charge < -0.3 is 79.5 Å². The van der Waals surface area contributed by atoms with Crippen LogP contribution < -0.4 is 59.7 Å².